The van der Waals surface area contributed by atoms with Crippen LogP contribution in [0.25, 0.3) is 11.0 Å². The molecule has 37 heavy (non-hydrogen) atoms. The second-order valence-corrected chi connectivity index (χ2v) is 8.63. The fraction of sp³-hybridized carbons (Fsp3) is 0.522. The summed E-state index contributed by atoms with van der Waals surface area (Å²) in [6.07, 6.45) is -0.158. The molecule has 1 saturated heterocycles. The first-order valence-electron chi connectivity index (χ1n) is 11.7. The number of rotatable bonds is 7. The van der Waals surface area contributed by atoms with Crippen LogP contribution in [0.15, 0.2) is 17.6 Å². The van der Waals surface area contributed by atoms with E-state index in [1.165, 1.54) is 32.1 Å². The molecule has 4 rings (SSSR count). The summed E-state index contributed by atoms with van der Waals surface area (Å²) in [6.45, 7) is 5.32. The number of anilines is 1. The van der Waals surface area contributed by atoms with Crippen LogP contribution in [0.3, 0.4) is 0 Å². The zero-order chi connectivity index (χ0) is 26.9. The Kier molecular flexibility index (Phi) is 7.38. The lowest BCUT2D eigenvalue weighted by atomic mass is 10.1. The molecule has 2 aliphatic rings. The Bertz CT molecular complexity index is 1270. The Balaban J connectivity index is 1.81. The predicted molar refractivity (Wildman–Crippen MR) is 127 cm³/mol. The topological polar surface area (TPSA) is 164 Å². The highest BCUT2D eigenvalue weighted by Crippen LogP contribution is 2.39. The van der Waals surface area contributed by atoms with Crippen molar-refractivity contribution < 1.29 is 38.1 Å². The van der Waals surface area contributed by atoms with Gasteiger partial charge in [0.05, 0.1) is 10.9 Å². The van der Waals surface area contributed by atoms with Crippen LogP contribution < -0.4 is 10.3 Å². The maximum atomic E-state index is 12.4. The third-order valence-electron chi connectivity index (χ3n) is 5.75. The van der Waals surface area contributed by atoms with E-state index in [4.69, 9.17) is 18.9 Å². The van der Waals surface area contributed by atoms with Gasteiger partial charge < -0.3 is 28.8 Å². The molecule has 1 amide bonds. The smallest absolute Gasteiger partial charge is 0.303 e. The van der Waals surface area contributed by atoms with Gasteiger partial charge in [-0.05, 0) is 6.42 Å². The highest BCUT2D eigenvalue weighted by molar-refractivity contribution is 6.18. The molecule has 4 heterocycles. The van der Waals surface area contributed by atoms with Crippen LogP contribution in [-0.2, 0) is 38.1 Å². The van der Waals surface area contributed by atoms with E-state index >= 15 is 0 Å². The second-order valence-electron chi connectivity index (χ2n) is 8.63. The van der Waals surface area contributed by atoms with E-state index in [-0.39, 0.29) is 12.5 Å². The number of carbonyl (C=O) groups excluding carboxylic acids is 4. The molecular weight excluding hydrogens is 488 g/mol. The molecule has 2 aliphatic heterocycles. The van der Waals surface area contributed by atoms with E-state index in [0.29, 0.717) is 41.1 Å². The van der Waals surface area contributed by atoms with Crippen molar-refractivity contribution in [3.8, 4) is 0 Å². The molecule has 14 heteroatoms. The van der Waals surface area contributed by atoms with E-state index in [9.17, 15) is 19.2 Å². The van der Waals surface area contributed by atoms with Gasteiger partial charge in [0.25, 0.3) is 0 Å². The van der Waals surface area contributed by atoms with Gasteiger partial charge in [-0.25, -0.2) is 15.0 Å². The molecule has 1 fully saturated rings. The highest BCUT2D eigenvalue weighted by Gasteiger charge is 2.51. The van der Waals surface area contributed by atoms with E-state index < -0.39 is 42.4 Å². The molecular formula is C23H28N6O8. The third kappa shape index (κ3) is 5.23. The molecule has 0 unspecified atom stereocenters. The number of nitrogens with zero attached hydrogens (tertiary/aromatic N) is 5. The van der Waals surface area contributed by atoms with Gasteiger partial charge >= 0.3 is 17.9 Å². The van der Waals surface area contributed by atoms with Gasteiger partial charge in [0.15, 0.2) is 30.1 Å². The first-order valence-corrected chi connectivity index (χ1v) is 11.7. The maximum absolute atomic E-state index is 12.4. The lowest BCUT2D eigenvalue weighted by Gasteiger charge is -2.24. The molecule has 0 radical (unpaired) electrons. The van der Waals surface area contributed by atoms with E-state index in [2.05, 4.69) is 20.4 Å². The van der Waals surface area contributed by atoms with Crippen LogP contribution in [-0.4, -0.2) is 76.2 Å². The number of hydrogen-bond donors (Lipinski definition) is 1. The maximum Gasteiger partial charge on any atom is 0.303 e. The van der Waals surface area contributed by atoms with Gasteiger partial charge in [-0.3, -0.25) is 19.2 Å². The first-order chi connectivity index (χ1) is 17.6. The number of ether oxygens (including phenoxy) is 4. The van der Waals surface area contributed by atoms with Crippen molar-refractivity contribution in [2.75, 3.05) is 18.7 Å². The number of carbonyl (C=O) groups is 4. The summed E-state index contributed by atoms with van der Waals surface area (Å²) in [6, 6.07) is 0. The summed E-state index contributed by atoms with van der Waals surface area (Å²) < 4.78 is 23.9. The number of esters is 3. The van der Waals surface area contributed by atoms with Crippen LogP contribution >= 0.6 is 0 Å². The highest BCUT2D eigenvalue weighted by atomic mass is 16.7. The largest absolute Gasteiger partial charge is 0.463 e. The average Bonchev–Trinajstić information content (AvgIpc) is 3.35. The van der Waals surface area contributed by atoms with Crippen molar-refractivity contribution in [3.63, 3.8) is 0 Å². The minimum absolute atomic E-state index is 0.206. The Morgan fingerprint density at radius 2 is 1.76 bits per heavy atom. The minimum atomic E-state index is -1.10. The van der Waals surface area contributed by atoms with Crippen LogP contribution in [0.2, 0.25) is 0 Å². The van der Waals surface area contributed by atoms with Crippen molar-refractivity contribution in [2.24, 2.45) is 5.10 Å². The summed E-state index contributed by atoms with van der Waals surface area (Å²) in [5.74, 6) is -1.24. The van der Waals surface area contributed by atoms with Gasteiger partial charge in [-0.2, -0.15) is 5.10 Å². The molecule has 0 aromatic carbocycles. The van der Waals surface area contributed by atoms with Crippen molar-refractivity contribution in [3.05, 3.63) is 18.1 Å². The standard InChI is InChI=1S/C23H28N6O8/c1-6-7-16(33)26-20-14-8-29(22-17(14)21(24-10-25-22)28(5)27-20)23-19(36-13(4)32)18(35-12(3)31)15(37-23)9-34-11(2)30/h8,10,15,18-19,23H,6-7,9H2,1-5H3,(H,26,27,33)/t15-,18-,19-,23-/m1/s1. The van der Waals surface area contributed by atoms with Crippen molar-refractivity contribution in [2.45, 2.75) is 65.1 Å². The number of hydrazone groups is 1. The summed E-state index contributed by atoms with van der Waals surface area (Å²) >= 11 is 0. The van der Waals surface area contributed by atoms with Crippen molar-refractivity contribution in [1.82, 2.24) is 19.9 Å². The van der Waals surface area contributed by atoms with E-state index in [1.54, 1.807) is 17.8 Å². The number of aromatic nitrogens is 3. The van der Waals surface area contributed by atoms with E-state index in [1.807, 2.05) is 6.92 Å². The molecule has 2 aromatic rings. The van der Waals surface area contributed by atoms with Gasteiger partial charge in [0, 0.05) is 40.4 Å². The fourth-order valence-electron chi connectivity index (χ4n) is 4.37. The van der Waals surface area contributed by atoms with Crippen LogP contribution in [0, 0.1) is 0 Å². The van der Waals surface area contributed by atoms with Crippen molar-refractivity contribution in [1.29, 1.82) is 0 Å². The Hall–Kier alpha value is -4.07. The van der Waals surface area contributed by atoms with Gasteiger partial charge in [-0.15, -0.1) is 0 Å². The summed E-state index contributed by atoms with van der Waals surface area (Å²) in [5.41, 5.74) is 0.937. The molecule has 2 aromatic heterocycles. The number of hydrogen-bond acceptors (Lipinski definition) is 12. The zero-order valence-electron chi connectivity index (χ0n) is 21.1. The van der Waals surface area contributed by atoms with Gasteiger partial charge in [0.2, 0.25) is 5.91 Å². The molecule has 0 spiro atoms. The molecule has 0 aliphatic carbocycles. The van der Waals surface area contributed by atoms with Crippen LogP contribution in [0.4, 0.5) is 5.82 Å². The molecule has 1 N–H and O–H groups in total. The quantitative estimate of drug-likeness (QED) is 0.408. The Labute approximate surface area is 211 Å². The number of amides is 1. The lowest BCUT2D eigenvalue weighted by molar-refractivity contribution is -0.166. The molecule has 4 atom stereocenters. The van der Waals surface area contributed by atoms with Gasteiger partial charge in [0.1, 0.15) is 24.7 Å². The predicted octanol–water partition coefficient (Wildman–Crippen LogP) is 0.783. The molecule has 198 valence electrons. The SMILES string of the molecule is CCCC(=O)NC1=NN(C)c2ncnc3c2c1cn3[C@@H]1O[C@H](COC(C)=O)[C@@H](OC(C)=O)[C@H]1OC(C)=O. The zero-order valence-corrected chi connectivity index (χ0v) is 21.1. The van der Waals surface area contributed by atoms with Crippen molar-refractivity contribution >= 4 is 46.5 Å². The number of amidine groups is 1. The Morgan fingerprint density at radius 1 is 1.05 bits per heavy atom. The van der Waals surface area contributed by atoms with Crippen LogP contribution in [0.5, 0.6) is 0 Å². The molecule has 0 bridgehead atoms. The third-order valence-corrected chi connectivity index (χ3v) is 5.75. The minimum Gasteiger partial charge on any atom is -0.463 e. The molecule has 14 nitrogen and oxygen atoms in total. The Morgan fingerprint density at radius 3 is 2.41 bits per heavy atom. The number of nitrogens with one attached hydrogen (secondary N) is 1. The summed E-state index contributed by atoms with van der Waals surface area (Å²) in [7, 11) is 1.69. The molecule has 0 saturated carbocycles. The van der Waals surface area contributed by atoms with Crippen LogP contribution in [0.1, 0.15) is 52.3 Å². The summed E-state index contributed by atoms with van der Waals surface area (Å²) in [4.78, 5) is 56.5. The lowest BCUT2D eigenvalue weighted by Crippen LogP contribution is -2.40. The fourth-order valence-corrected chi connectivity index (χ4v) is 4.37. The first kappa shape index (κ1) is 26.0. The van der Waals surface area contributed by atoms with E-state index in [0.717, 1.165) is 0 Å². The monoisotopic (exact) mass is 516 g/mol. The average molecular weight is 517 g/mol. The second kappa shape index (κ2) is 10.5. The summed E-state index contributed by atoms with van der Waals surface area (Å²) in [5, 5.41) is 9.39. The van der Waals surface area contributed by atoms with Gasteiger partial charge in [-0.1, -0.05) is 6.92 Å². The normalized spacial score (nSPS) is 22.4.